The second-order valence-electron chi connectivity index (χ2n) is 2.37. The van der Waals surface area contributed by atoms with Crippen molar-refractivity contribution in [1.29, 1.82) is 0 Å². The van der Waals surface area contributed by atoms with Crippen molar-refractivity contribution in [3.63, 3.8) is 0 Å². The van der Waals surface area contributed by atoms with Crippen molar-refractivity contribution in [3.8, 4) is 0 Å². The lowest BCUT2D eigenvalue weighted by molar-refractivity contribution is 0.0598. The predicted molar refractivity (Wildman–Crippen MR) is 56.0 cm³/mol. The first-order valence-electron chi connectivity index (χ1n) is 4.07. The molecule has 0 spiro atoms. The summed E-state index contributed by atoms with van der Waals surface area (Å²) in [6.07, 6.45) is 0. The van der Waals surface area contributed by atoms with E-state index in [0.29, 0.717) is 5.56 Å². The van der Waals surface area contributed by atoms with E-state index < -0.39 is 11.9 Å². The molecule has 0 fully saturated rings. The average molecular weight is 208 g/mol. The second kappa shape index (κ2) is 6.37. The van der Waals surface area contributed by atoms with Crippen molar-refractivity contribution in [2.24, 2.45) is 0 Å². The minimum Gasteiger partial charge on any atom is -0.478 e. The zero-order valence-electron chi connectivity index (χ0n) is 8.40. The average Bonchev–Trinajstić information content (AvgIpc) is 2.31. The third-order valence-corrected chi connectivity index (χ3v) is 1.55. The van der Waals surface area contributed by atoms with Gasteiger partial charge in [0.25, 0.3) is 0 Å². The lowest BCUT2D eigenvalue weighted by Gasteiger charge is -1.98. The van der Waals surface area contributed by atoms with Crippen LogP contribution in [0.5, 0.6) is 0 Å². The first-order chi connectivity index (χ1) is 7.15. The highest BCUT2D eigenvalue weighted by Gasteiger charge is 2.06. The number of ether oxygens (including phenoxy) is 1. The fourth-order valence-electron chi connectivity index (χ4n) is 0.867. The van der Waals surface area contributed by atoms with Gasteiger partial charge >= 0.3 is 11.9 Å². The summed E-state index contributed by atoms with van der Waals surface area (Å²) in [6.45, 7) is 6.00. The van der Waals surface area contributed by atoms with Crippen LogP contribution in [-0.2, 0) is 4.74 Å². The molecule has 0 saturated carbocycles. The molecule has 0 radical (unpaired) electrons. The molecular formula is C11H12O4. The first-order valence-corrected chi connectivity index (χ1v) is 4.07. The van der Waals surface area contributed by atoms with E-state index in [4.69, 9.17) is 5.11 Å². The third-order valence-electron chi connectivity index (χ3n) is 1.55. The maximum absolute atomic E-state index is 10.9. The Balaban J connectivity index is 0.000000921. The first kappa shape index (κ1) is 12.9. The molecule has 0 aliphatic rings. The molecule has 4 nitrogen and oxygen atoms in total. The van der Waals surface area contributed by atoms with Crippen LogP contribution in [0, 0.1) is 0 Å². The van der Waals surface area contributed by atoms with Crippen LogP contribution in [0.1, 0.15) is 20.7 Å². The molecule has 0 aromatic heterocycles. The minimum atomic E-state index is -1.02. The van der Waals surface area contributed by atoms with Gasteiger partial charge in [-0.3, -0.25) is 0 Å². The van der Waals surface area contributed by atoms with Gasteiger partial charge in [0.15, 0.2) is 0 Å². The second-order valence-corrected chi connectivity index (χ2v) is 2.37. The summed E-state index contributed by atoms with van der Waals surface area (Å²) >= 11 is 0. The molecule has 1 rings (SSSR count). The molecular weight excluding hydrogens is 196 g/mol. The van der Waals surface area contributed by atoms with E-state index in [1.54, 1.807) is 0 Å². The Morgan fingerprint density at radius 1 is 1.13 bits per heavy atom. The number of hydrogen-bond donors (Lipinski definition) is 1. The van der Waals surface area contributed by atoms with Crippen LogP contribution in [0.3, 0.4) is 0 Å². The number of carbonyl (C=O) groups excluding carboxylic acids is 1. The monoisotopic (exact) mass is 208 g/mol. The summed E-state index contributed by atoms with van der Waals surface area (Å²) in [4.78, 5) is 21.4. The molecule has 0 bridgehead atoms. The van der Waals surface area contributed by atoms with Crippen molar-refractivity contribution in [3.05, 3.63) is 48.6 Å². The number of aromatic carboxylic acids is 1. The lowest BCUT2D eigenvalue weighted by atomic mass is 10.1. The van der Waals surface area contributed by atoms with E-state index >= 15 is 0 Å². The number of rotatable bonds is 2. The molecule has 0 amide bonds. The number of benzene rings is 1. The SMILES string of the molecule is C=C.COC(=O)c1ccc(C(=O)O)cc1. The van der Waals surface area contributed by atoms with Crippen LogP contribution in [-0.4, -0.2) is 24.2 Å². The minimum absolute atomic E-state index is 0.146. The molecule has 0 aliphatic heterocycles. The van der Waals surface area contributed by atoms with Gasteiger partial charge in [0.2, 0.25) is 0 Å². The quantitative estimate of drug-likeness (QED) is 0.596. The number of methoxy groups -OCH3 is 1. The van der Waals surface area contributed by atoms with Crippen molar-refractivity contribution < 1.29 is 19.4 Å². The Labute approximate surface area is 87.8 Å². The molecule has 80 valence electrons. The van der Waals surface area contributed by atoms with Gasteiger partial charge < -0.3 is 9.84 Å². The smallest absolute Gasteiger partial charge is 0.337 e. The molecule has 0 saturated heterocycles. The fraction of sp³-hybridized carbons (Fsp3) is 0.0909. The number of carboxylic acid groups (broad SMARTS) is 1. The van der Waals surface area contributed by atoms with Gasteiger partial charge in [-0.1, -0.05) is 0 Å². The van der Waals surface area contributed by atoms with Crippen molar-refractivity contribution in [1.82, 2.24) is 0 Å². The van der Waals surface area contributed by atoms with Crippen molar-refractivity contribution >= 4 is 11.9 Å². The van der Waals surface area contributed by atoms with Gasteiger partial charge in [-0.25, -0.2) is 9.59 Å². The normalized spacial score (nSPS) is 8.33. The Morgan fingerprint density at radius 2 is 1.53 bits per heavy atom. The van der Waals surface area contributed by atoms with Gasteiger partial charge in [0, 0.05) is 0 Å². The molecule has 0 heterocycles. The Kier molecular flexibility index (Phi) is 5.48. The summed E-state index contributed by atoms with van der Waals surface area (Å²) in [7, 11) is 1.27. The highest BCUT2D eigenvalue weighted by atomic mass is 16.5. The molecule has 4 heteroatoms. The van der Waals surface area contributed by atoms with Gasteiger partial charge in [0.05, 0.1) is 18.2 Å². The van der Waals surface area contributed by atoms with Crippen LogP contribution in [0.15, 0.2) is 37.4 Å². The molecule has 0 unspecified atom stereocenters. The van der Waals surface area contributed by atoms with E-state index in [0.717, 1.165) is 0 Å². The van der Waals surface area contributed by atoms with Gasteiger partial charge in [-0.05, 0) is 24.3 Å². The van der Waals surface area contributed by atoms with Crippen molar-refractivity contribution in [2.75, 3.05) is 7.11 Å². The summed E-state index contributed by atoms with van der Waals surface area (Å²) in [6, 6.07) is 5.54. The molecule has 0 aliphatic carbocycles. The summed E-state index contributed by atoms with van der Waals surface area (Å²) < 4.78 is 4.45. The maximum Gasteiger partial charge on any atom is 0.337 e. The highest BCUT2D eigenvalue weighted by molar-refractivity contribution is 5.92. The number of carboxylic acids is 1. The van der Waals surface area contributed by atoms with Crippen molar-refractivity contribution in [2.45, 2.75) is 0 Å². The molecule has 15 heavy (non-hydrogen) atoms. The van der Waals surface area contributed by atoms with Gasteiger partial charge in [0.1, 0.15) is 0 Å². The Hall–Kier alpha value is -2.10. The van der Waals surface area contributed by atoms with Crippen LogP contribution < -0.4 is 0 Å². The number of esters is 1. The third kappa shape index (κ3) is 3.64. The predicted octanol–water partition coefficient (Wildman–Crippen LogP) is 1.97. The molecule has 1 N–H and O–H groups in total. The van der Waals surface area contributed by atoms with Crippen LogP contribution in [0.4, 0.5) is 0 Å². The number of carbonyl (C=O) groups is 2. The molecule has 0 atom stereocenters. The van der Waals surface area contributed by atoms with E-state index in [9.17, 15) is 9.59 Å². The summed E-state index contributed by atoms with van der Waals surface area (Å²) in [5.74, 6) is -1.49. The number of hydrogen-bond acceptors (Lipinski definition) is 3. The largest absolute Gasteiger partial charge is 0.478 e. The molecule has 1 aromatic rings. The summed E-state index contributed by atoms with van der Waals surface area (Å²) in [5, 5.41) is 8.56. The molecule has 1 aromatic carbocycles. The highest BCUT2D eigenvalue weighted by Crippen LogP contribution is 2.05. The van der Waals surface area contributed by atoms with Crippen LogP contribution in [0.2, 0.25) is 0 Å². The van der Waals surface area contributed by atoms with Gasteiger partial charge in [-0.15, -0.1) is 13.2 Å². The van der Waals surface area contributed by atoms with E-state index in [1.165, 1.54) is 31.4 Å². The van der Waals surface area contributed by atoms with E-state index in [-0.39, 0.29) is 5.56 Å². The Bertz CT molecular complexity index is 340. The van der Waals surface area contributed by atoms with E-state index in [1.807, 2.05) is 0 Å². The van der Waals surface area contributed by atoms with Crippen LogP contribution in [0.25, 0.3) is 0 Å². The Morgan fingerprint density at radius 3 is 1.87 bits per heavy atom. The zero-order chi connectivity index (χ0) is 11.8. The van der Waals surface area contributed by atoms with Crippen LogP contribution >= 0.6 is 0 Å². The fourth-order valence-corrected chi connectivity index (χ4v) is 0.867. The summed E-state index contributed by atoms with van der Waals surface area (Å²) in [5.41, 5.74) is 0.486. The zero-order valence-corrected chi connectivity index (χ0v) is 8.40. The topological polar surface area (TPSA) is 63.6 Å². The maximum atomic E-state index is 10.9. The lowest BCUT2D eigenvalue weighted by Crippen LogP contribution is -2.02. The standard InChI is InChI=1S/C9H8O4.C2H4/c1-13-9(12)7-4-2-6(3-5-7)8(10)11;1-2/h2-5H,1H3,(H,10,11);1-2H2. The van der Waals surface area contributed by atoms with E-state index in [2.05, 4.69) is 17.9 Å². The van der Waals surface area contributed by atoms with Gasteiger partial charge in [-0.2, -0.15) is 0 Å².